The SMILES string of the molecule is COC(=O)[C@H](C)N(C(=O)CSC(=O)c1cccs1)c1c(C)ccc(C)c1C. The van der Waals surface area contributed by atoms with Gasteiger partial charge in [0.25, 0.3) is 0 Å². The first-order chi connectivity index (χ1) is 12.8. The summed E-state index contributed by atoms with van der Waals surface area (Å²) >= 11 is 2.29. The number of ether oxygens (including phenoxy) is 1. The van der Waals surface area contributed by atoms with Gasteiger partial charge < -0.3 is 4.74 Å². The summed E-state index contributed by atoms with van der Waals surface area (Å²) in [5.41, 5.74) is 3.53. The average Bonchev–Trinajstić information content (AvgIpc) is 3.19. The summed E-state index contributed by atoms with van der Waals surface area (Å²) in [6, 6.07) is 6.64. The van der Waals surface area contributed by atoms with Gasteiger partial charge in [0.15, 0.2) is 0 Å². The first-order valence-electron chi connectivity index (χ1n) is 8.45. The lowest BCUT2D eigenvalue weighted by Crippen LogP contribution is -2.46. The van der Waals surface area contributed by atoms with E-state index in [1.54, 1.807) is 19.1 Å². The van der Waals surface area contributed by atoms with Crippen molar-refractivity contribution >= 4 is 45.8 Å². The fourth-order valence-electron chi connectivity index (χ4n) is 2.78. The number of carbonyl (C=O) groups excluding carboxylic acids is 3. The lowest BCUT2D eigenvalue weighted by Gasteiger charge is -2.31. The Labute approximate surface area is 167 Å². The van der Waals surface area contributed by atoms with E-state index >= 15 is 0 Å². The van der Waals surface area contributed by atoms with Crippen LogP contribution in [-0.2, 0) is 14.3 Å². The van der Waals surface area contributed by atoms with Crippen molar-refractivity contribution in [1.82, 2.24) is 0 Å². The summed E-state index contributed by atoms with van der Waals surface area (Å²) in [6.07, 6.45) is 0. The molecule has 0 aliphatic carbocycles. The van der Waals surface area contributed by atoms with E-state index in [9.17, 15) is 14.4 Å². The highest BCUT2D eigenvalue weighted by Gasteiger charge is 2.31. The second-order valence-corrected chi connectivity index (χ2v) is 8.09. The van der Waals surface area contributed by atoms with Crippen molar-refractivity contribution in [3.63, 3.8) is 0 Å². The summed E-state index contributed by atoms with van der Waals surface area (Å²) in [6.45, 7) is 7.41. The predicted molar refractivity (Wildman–Crippen MR) is 111 cm³/mol. The van der Waals surface area contributed by atoms with E-state index in [0.717, 1.165) is 28.5 Å². The molecule has 2 aromatic rings. The van der Waals surface area contributed by atoms with E-state index in [4.69, 9.17) is 4.74 Å². The van der Waals surface area contributed by atoms with Crippen LogP contribution in [0.15, 0.2) is 29.6 Å². The van der Waals surface area contributed by atoms with Crippen LogP contribution in [0, 0.1) is 20.8 Å². The van der Waals surface area contributed by atoms with Crippen molar-refractivity contribution in [3.8, 4) is 0 Å². The smallest absolute Gasteiger partial charge is 0.328 e. The number of hydrogen-bond acceptors (Lipinski definition) is 6. The zero-order valence-corrected chi connectivity index (χ0v) is 17.7. The highest BCUT2D eigenvalue weighted by atomic mass is 32.2. The molecule has 1 heterocycles. The molecule has 0 N–H and O–H groups in total. The minimum absolute atomic E-state index is 0.0507. The number of anilines is 1. The Morgan fingerprint density at radius 2 is 1.81 bits per heavy atom. The highest BCUT2D eigenvalue weighted by Crippen LogP contribution is 2.30. The molecule has 0 fully saturated rings. The van der Waals surface area contributed by atoms with Crippen LogP contribution in [-0.4, -0.2) is 35.9 Å². The number of thiophene rings is 1. The molecular formula is C20H23NO4S2. The van der Waals surface area contributed by atoms with Crippen molar-refractivity contribution in [3.05, 3.63) is 51.2 Å². The molecule has 144 valence electrons. The van der Waals surface area contributed by atoms with Crippen LogP contribution in [0.3, 0.4) is 0 Å². The number of nitrogens with zero attached hydrogens (tertiary/aromatic N) is 1. The van der Waals surface area contributed by atoms with Gasteiger partial charge in [0.05, 0.1) is 23.4 Å². The number of thioether (sulfide) groups is 1. The molecule has 27 heavy (non-hydrogen) atoms. The van der Waals surface area contributed by atoms with E-state index in [-0.39, 0.29) is 16.8 Å². The van der Waals surface area contributed by atoms with Gasteiger partial charge in [0.1, 0.15) is 6.04 Å². The first-order valence-corrected chi connectivity index (χ1v) is 10.3. The molecule has 1 aromatic heterocycles. The van der Waals surface area contributed by atoms with E-state index in [0.29, 0.717) is 10.6 Å². The first kappa shape index (κ1) is 21.2. The summed E-state index contributed by atoms with van der Waals surface area (Å²) in [7, 11) is 1.30. The minimum Gasteiger partial charge on any atom is -0.467 e. The number of rotatable bonds is 6. The second kappa shape index (κ2) is 9.19. The van der Waals surface area contributed by atoms with Crippen molar-refractivity contribution in [1.29, 1.82) is 0 Å². The van der Waals surface area contributed by atoms with Gasteiger partial charge in [-0.25, -0.2) is 4.79 Å². The molecule has 0 radical (unpaired) electrons. The largest absolute Gasteiger partial charge is 0.467 e. The van der Waals surface area contributed by atoms with Gasteiger partial charge in [-0.1, -0.05) is 30.0 Å². The molecule has 0 spiro atoms. The molecule has 7 heteroatoms. The maximum Gasteiger partial charge on any atom is 0.328 e. The molecule has 0 aliphatic heterocycles. The maximum absolute atomic E-state index is 13.0. The van der Waals surface area contributed by atoms with E-state index in [1.165, 1.54) is 23.3 Å². The summed E-state index contributed by atoms with van der Waals surface area (Å²) in [5.74, 6) is -0.858. The third kappa shape index (κ3) is 4.78. The van der Waals surface area contributed by atoms with Crippen molar-refractivity contribution in [2.24, 2.45) is 0 Å². The Balaban J connectivity index is 2.33. The molecule has 0 saturated heterocycles. The number of benzene rings is 1. The lowest BCUT2D eigenvalue weighted by molar-refractivity contribution is -0.142. The van der Waals surface area contributed by atoms with E-state index in [2.05, 4.69) is 0 Å². The quantitative estimate of drug-likeness (QED) is 0.676. The fraction of sp³-hybridized carbons (Fsp3) is 0.350. The molecule has 1 atom stereocenters. The van der Waals surface area contributed by atoms with Crippen LogP contribution in [0.25, 0.3) is 0 Å². The summed E-state index contributed by atoms with van der Waals surface area (Å²) in [5, 5.41) is 1.67. The zero-order valence-electron chi connectivity index (χ0n) is 16.1. The third-order valence-electron chi connectivity index (χ3n) is 4.39. The molecular weight excluding hydrogens is 382 g/mol. The van der Waals surface area contributed by atoms with Crippen LogP contribution in [0.1, 0.15) is 33.3 Å². The van der Waals surface area contributed by atoms with Crippen LogP contribution in [0.5, 0.6) is 0 Å². The molecule has 0 unspecified atom stereocenters. The fourth-order valence-corrected chi connectivity index (χ4v) is 4.26. The van der Waals surface area contributed by atoms with Crippen molar-refractivity contribution in [2.75, 3.05) is 17.8 Å². The van der Waals surface area contributed by atoms with Crippen LogP contribution in [0.4, 0.5) is 5.69 Å². The van der Waals surface area contributed by atoms with Crippen LogP contribution in [0.2, 0.25) is 0 Å². The number of methoxy groups -OCH3 is 1. The van der Waals surface area contributed by atoms with Gasteiger partial charge in [-0.15, -0.1) is 11.3 Å². The zero-order chi connectivity index (χ0) is 20.1. The Bertz CT molecular complexity index is 846. The number of esters is 1. The van der Waals surface area contributed by atoms with Gasteiger partial charge in [0.2, 0.25) is 11.0 Å². The van der Waals surface area contributed by atoms with E-state index in [1.807, 2.05) is 38.3 Å². The van der Waals surface area contributed by atoms with Crippen LogP contribution >= 0.6 is 23.1 Å². The molecule has 0 aliphatic rings. The minimum atomic E-state index is -0.792. The van der Waals surface area contributed by atoms with Gasteiger partial charge in [-0.2, -0.15) is 0 Å². The van der Waals surface area contributed by atoms with Crippen LogP contribution < -0.4 is 4.90 Å². The monoisotopic (exact) mass is 405 g/mol. The van der Waals surface area contributed by atoms with E-state index < -0.39 is 12.0 Å². The van der Waals surface area contributed by atoms with Crippen molar-refractivity contribution < 1.29 is 19.1 Å². The standard InChI is InChI=1S/C20H23NO4S2/c1-12-8-9-13(2)18(14(12)3)21(15(4)19(23)25-5)17(22)11-27-20(24)16-7-6-10-26-16/h6-10,15H,11H2,1-5H3/t15-/m0/s1. The Morgan fingerprint density at radius 3 is 2.41 bits per heavy atom. The average molecular weight is 406 g/mol. The Morgan fingerprint density at radius 1 is 1.15 bits per heavy atom. The van der Waals surface area contributed by atoms with Crippen molar-refractivity contribution in [2.45, 2.75) is 33.7 Å². The topological polar surface area (TPSA) is 63.7 Å². The summed E-state index contributed by atoms with van der Waals surface area (Å²) in [4.78, 5) is 39.5. The molecule has 5 nitrogen and oxygen atoms in total. The molecule has 0 saturated carbocycles. The van der Waals surface area contributed by atoms with Gasteiger partial charge in [-0.05, 0) is 55.8 Å². The lowest BCUT2D eigenvalue weighted by atomic mass is 10.0. The van der Waals surface area contributed by atoms with Gasteiger partial charge in [-0.3, -0.25) is 14.5 Å². The molecule has 0 bridgehead atoms. The van der Waals surface area contributed by atoms with Gasteiger partial charge in [0, 0.05) is 0 Å². The predicted octanol–water partition coefficient (Wildman–Crippen LogP) is 4.14. The molecule has 1 amide bonds. The normalized spacial score (nSPS) is 11.7. The van der Waals surface area contributed by atoms with Gasteiger partial charge >= 0.3 is 5.97 Å². The third-order valence-corrected chi connectivity index (χ3v) is 6.26. The summed E-state index contributed by atoms with van der Waals surface area (Å²) < 4.78 is 4.85. The maximum atomic E-state index is 13.0. The Kier molecular flexibility index (Phi) is 7.21. The molecule has 2 rings (SSSR count). The highest BCUT2D eigenvalue weighted by molar-refractivity contribution is 8.14. The second-order valence-electron chi connectivity index (χ2n) is 6.19. The number of carbonyl (C=O) groups is 3. The number of amides is 1. The Hall–Kier alpha value is -2.12. The number of aryl methyl sites for hydroxylation is 2. The number of hydrogen-bond donors (Lipinski definition) is 0. The molecule has 1 aromatic carbocycles.